The highest BCUT2D eigenvalue weighted by atomic mass is 16.3. The number of nitrogens with zero attached hydrogens (tertiary/aromatic N) is 1. The van der Waals surface area contributed by atoms with Crippen molar-refractivity contribution < 1.29 is 9.90 Å². The molecule has 0 spiro atoms. The highest BCUT2D eigenvalue weighted by molar-refractivity contribution is 6.16. The summed E-state index contributed by atoms with van der Waals surface area (Å²) >= 11 is 0. The number of anilines is 3. The molecule has 0 amide bonds. The summed E-state index contributed by atoms with van der Waals surface area (Å²) in [7, 11) is 0. The van der Waals surface area contributed by atoms with E-state index in [1.807, 2.05) is 132 Å². The standard InChI is InChI=1S/C54H35NO/c1-4-16-44-38(11-1)14-9-20-45(44)41-25-23-36(24-26-41)37-27-31-43(32-28-37)55(52-22-10-15-39-12-2-5-17-46(39)52)51-21-8-7-18-47(51)42-30-34-53-50(35-42)49-33-29-40-13-3-6-19-48(40)54(49)56-53/h1-35H/i27D,28D,31D,32D. The van der Waals surface area contributed by atoms with Gasteiger partial charge in [-0.2, -0.15) is 0 Å². The number of benzene rings is 10. The first kappa shape index (κ1) is 28.1. The predicted molar refractivity (Wildman–Crippen MR) is 237 cm³/mol. The van der Waals surface area contributed by atoms with E-state index in [4.69, 9.17) is 4.42 Å². The number of rotatable bonds is 6. The maximum Gasteiger partial charge on any atom is 0.143 e. The second-order valence-electron chi connectivity index (χ2n) is 14.2. The zero-order valence-electron chi connectivity index (χ0n) is 34.3. The molecule has 0 fully saturated rings. The molecule has 0 bridgehead atoms. The topological polar surface area (TPSA) is 16.4 Å². The molecule has 10 aromatic carbocycles. The third-order valence-corrected chi connectivity index (χ3v) is 10.9. The van der Waals surface area contributed by atoms with Crippen LogP contribution in [0, 0.1) is 0 Å². The summed E-state index contributed by atoms with van der Waals surface area (Å²) in [6.07, 6.45) is 0. The van der Waals surface area contributed by atoms with Gasteiger partial charge in [-0.3, -0.25) is 0 Å². The number of fused-ring (bicyclic) bond motifs is 7. The van der Waals surface area contributed by atoms with Gasteiger partial charge in [0.2, 0.25) is 0 Å². The van der Waals surface area contributed by atoms with E-state index in [0.29, 0.717) is 5.56 Å². The van der Waals surface area contributed by atoms with E-state index in [0.717, 1.165) is 87.9 Å². The van der Waals surface area contributed by atoms with Gasteiger partial charge < -0.3 is 9.32 Å². The smallest absolute Gasteiger partial charge is 0.143 e. The van der Waals surface area contributed by atoms with Crippen molar-refractivity contribution in [2.75, 3.05) is 4.90 Å². The molecule has 0 radical (unpaired) electrons. The Hall–Kier alpha value is -7.42. The molecule has 0 aliphatic carbocycles. The van der Waals surface area contributed by atoms with Gasteiger partial charge in [-0.25, -0.2) is 0 Å². The van der Waals surface area contributed by atoms with Gasteiger partial charge in [-0.15, -0.1) is 0 Å². The van der Waals surface area contributed by atoms with Crippen LogP contribution >= 0.6 is 0 Å². The summed E-state index contributed by atoms with van der Waals surface area (Å²) in [5, 5.41) is 8.39. The van der Waals surface area contributed by atoms with Crippen LogP contribution in [0.5, 0.6) is 0 Å². The first-order chi connectivity index (χ1) is 29.4. The Morgan fingerprint density at radius 2 is 0.929 bits per heavy atom. The SMILES string of the molecule is [2H]c1c([2H])c(N(c2ccccc2-c2ccc3oc4c5ccccc5ccc4c3c2)c2cccc3ccccc23)c([2H])c([2H])c1-c1ccc(-c2cccc3ccccc23)cc1. The molecule has 0 atom stereocenters. The van der Waals surface area contributed by atoms with Crippen LogP contribution in [-0.2, 0) is 0 Å². The van der Waals surface area contributed by atoms with Crippen molar-refractivity contribution in [3.63, 3.8) is 0 Å². The Labute approximate surface area is 330 Å². The summed E-state index contributed by atoms with van der Waals surface area (Å²) in [5.74, 6) is 0. The van der Waals surface area contributed by atoms with Crippen LogP contribution < -0.4 is 4.90 Å². The second-order valence-corrected chi connectivity index (χ2v) is 14.2. The summed E-state index contributed by atoms with van der Waals surface area (Å²) in [4.78, 5) is 1.91. The lowest BCUT2D eigenvalue weighted by Crippen LogP contribution is -2.11. The van der Waals surface area contributed by atoms with E-state index >= 15 is 0 Å². The van der Waals surface area contributed by atoms with Crippen LogP contribution in [-0.4, -0.2) is 0 Å². The maximum atomic E-state index is 9.70. The predicted octanol–water partition coefficient (Wildman–Crippen LogP) is 15.5. The van der Waals surface area contributed by atoms with Crippen LogP contribution in [0.3, 0.4) is 0 Å². The van der Waals surface area contributed by atoms with Crippen molar-refractivity contribution in [2.45, 2.75) is 0 Å². The number of furan rings is 1. The molecule has 11 rings (SSSR count). The minimum absolute atomic E-state index is 0.106. The zero-order chi connectivity index (χ0) is 40.5. The molecule has 1 aromatic heterocycles. The summed E-state index contributed by atoms with van der Waals surface area (Å²) in [5.41, 5.74) is 8.04. The molecule has 11 aromatic rings. The molecule has 0 aliphatic heterocycles. The second kappa shape index (κ2) is 13.2. The summed E-state index contributed by atoms with van der Waals surface area (Å²) in [6, 6.07) is 62.6. The molecule has 0 saturated heterocycles. The molecule has 2 nitrogen and oxygen atoms in total. The monoisotopic (exact) mass is 717 g/mol. The first-order valence-electron chi connectivity index (χ1n) is 20.8. The Balaban J connectivity index is 1.09. The van der Waals surface area contributed by atoms with Gasteiger partial charge in [-0.05, 0) is 91.8 Å². The van der Waals surface area contributed by atoms with Gasteiger partial charge in [-0.1, -0.05) is 170 Å². The maximum absolute atomic E-state index is 9.70. The highest BCUT2D eigenvalue weighted by Gasteiger charge is 2.20. The highest BCUT2D eigenvalue weighted by Crippen LogP contribution is 2.45. The molecular weight excluding hydrogens is 679 g/mol. The van der Waals surface area contributed by atoms with Crippen LogP contribution in [0.15, 0.2) is 217 Å². The van der Waals surface area contributed by atoms with Gasteiger partial charge in [0.25, 0.3) is 0 Å². The third kappa shape index (κ3) is 5.34. The summed E-state index contributed by atoms with van der Waals surface area (Å²) in [6.45, 7) is 0. The van der Waals surface area contributed by atoms with Crippen LogP contribution in [0.2, 0.25) is 0 Å². The zero-order valence-corrected chi connectivity index (χ0v) is 30.3. The minimum Gasteiger partial charge on any atom is -0.455 e. The van der Waals surface area contributed by atoms with Gasteiger partial charge in [0, 0.05) is 32.8 Å². The van der Waals surface area contributed by atoms with E-state index in [9.17, 15) is 5.48 Å². The molecule has 0 unspecified atom stereocenters. The van der Waals surface area contributed by atoms with Crippen molar-refractivity contribution in [2.24, 2.45) is 0 Å². The molecule has 0 aliphatic rings. The Morgan fingerprint density at radius 3 is 1.73 bits per heavy atom. The first-order valence-corrected chi connectivity index (χ1v) is 18.8. The van der Waals surface area contributed by atoms with E-state index in [2.05, 4.69) is 60.7 Å². The van der Waals surface area contributed by atoms with Gasteiger partial charge in [0.05, 0.1) is 16.9 Å². The van der Waals surface area contributed by atoms with Crippen molar-refractivity contribution >= 4 is 71.3 Å². The average molecular weight is 718 g/mol. The Bertz CT molecular complexity index is 3460. The molecule has 2 heteroatoms. The quantitative estimate of drug-likeness (QED) is 0.170. The van der Waals surface area contributed by atoms with E-state index in [-0.39, 0.29) is 35.4 Å². The normalized spacial score (nSPS) is 12.6. The lowest BCUT2D eigenvalue weighted by atomic mass is 9.96. The van der Waals surface area contributed by atoms with Crippen LogP contribution in [0.25, 0.3) is 87.6 Å². The number of hydrogen-bond acceptors (Lipinski definition) is 2. The number of hydrogen-bond donors (Lipinski definition) is 0. The molecule has 56 heavy (non-hydrogen) atoms. The molecule has 0 N–H and O–H groups in total. The Kier molecular flexibility index (Phi) is 6.60. The van der Waals surface area contributed by atoms with Crippen molar-refractivity contribution in [1.82, 2.24) is 0 Å². The lowest BCUT2D eigenvalue weighted by Gasteiger charge is -2.29. The van der Waals surface area contributed by atoms with E-state index < -0.39 is 0 Å². The van der Waals surface area contributed by atoms with Crippen molar-refractivity contribution in [3.05, 3.63) is 212 Å². The fraction of sp³-hybridized carbons (Fsp3) is 0. The fourth-order valence-corrected chi connectivity index (χ4v) is 8.21. The molecule has 262 valence electrons. The van der Waals surface area contributed by atoms with Gasteiger partial charge >= 0.3 is 0 Å². The molecule has 1 heterocycles. The summed E-state index contributed by atoms with van der Waals surface area (Å²) < 4.78 is 44.9. The van der Waals surface area contributed by atoms with Gasteiger partial charge in [0.15, 0.2) is 0 Å². The fourth-order valence-electron chi connectivity index (χ4n) is 8.21. The van der Waals surface area contributed by atoms with Crippen molar-refractivity contribution in [1.29, 1.82) is 0 Å². The van der Waals surface area contributed by atoms with Crippen molar-refractivity contribution in [3.8, 4) is 33.4 Å². The Morgan fingerprint density at radius 1 is 0.357 bits per heavy atom. The molecular formula is C54H35NO. The van der Waals surface area contributed by atoms with E-state index in [1.165, 1.54) is 0 Å². The van der Waals surface area contributed by atoms with Gasteiger partial charge in [0.1, 0.15) is 11.2 Å². The third-order valence-electron chi connectivity index (χ3n) is 10.9. The minimum atomic E-state index is -0.130. The largest absolute Gasteiger partial charge is 0.455 e. The van der Waals surface area contributed by atoms with Crippen LogP contribution in [0.1, 0.15) is 5.48 Å². The van der Waals surface area contributed by atoms with Crippen LogP contribution in [0.4, 0.5) is 17.1 Å². The van der Waals surface area contributed by atoms with E-state index in [1.54, 1.807) is 0 Å². The number of para-hydroxylation sites is 1. The molecule has 0 saturated carbocycles. The average Bonchev–Trinajstić information content (AvgIpc) is 3.68. The lowest BCUT2D eigenvalue weighted by molar-refractivity contribution is 0.672.